The van der Waals surface area contributed by atoms with Crippen molar-refractivity contribution in [3.05, 3.63) is 70.8 Å². The second-order valence-corrected chi connectivity index (χ2v) is 7.37. The summed E-state index contributed by atoms with van der Waals surface area (Å²) >= 11 is 0. The number of ether oxygens (including phenoxy) is 2. The van der Waals surface area contributed by atoms with Gasteiger partial charge >= 0.3 is 0 Å². The van der Waals surface area contributed by atoms with Gasteiger partial charge in [-0.2, -0.15) is 0 Å². The molecule has 0 saturated carbocycles. The predicted molar refractivity (Wildman–Crippen MR) is 96.8 cm³/mol. The summed E-state index contributed by atoms with van der Waals surface area (Å²) in [6.45, 7) is 9.82. The molecule has 3 heteroatoms. The molecule has 2 aromatic rings. The average Bonchev–Trinajstić information content (AvgIpc) is 3.10. The molecule has 24 heavy (non-hydrogen) atoms. The van der Waals surface area contributed by atoms with Crippen molar-refractivity contribution in [1.29, 1.82) is 0 Å². The molecule has 0 bridgehead atoms. The van der Waals surface area contributed by atoms with Gasteiger partial charge in [-0.25, -0.2) is 0 Å². The van der Waals surface area contributed by atoms with E-state index in [2.05, 4.69) is 74.6 Å². The van der Waals surface area contributed by atoms with Crippen molar-refractivity contribution in [1.82, 2.24) is 5.32 Å². The van der Waals surface area contributed by atoms with Gasteiger partial charge in [-0.1, -0.05) is 69.3 Å². The first-order chi connectivity index (χ1) is 11.5. The first-order valence-corrected chi connectivity index (χ1v) is 8.64. The van der Waals surface area contributed by atoms with Gasteiger partial charge in [0.15, 0.2) is 6.29 Å². The summed E-state index contributed by atoms with van der Waals surface area (Å²) in [7, 11) is 0. The Kier molecular flexibility index (Phi) is 5.34. The molecule has 0 aliphatic carbocycles. The Bertz CT molecular complexity index is 635. The van der Waals surface area contributed by atoms with Crippen molar-refractivity contribution < 1.29 is 9.47 Å². The normalized spacial score (nSPS) is 15.8. The zero-order valence-electron chi connectivity index (χ0n) is 14.8. The lowest BCUT2D eigenvalue weighted by molar-refractivity contribution is -0.0441. The molecule has 0 spiro atoms. The maximum atomic E-state index is 5.51. The third kappa shape index (κ3) is 4.44. The molecule has 0 aromatic heterocycles. The maximum absolute atomic E-state index is 5.51. The van der Waals surface area contributed by atoms with E-state index in [9.17, 15) is 0 Å². The maximum Gasteiger partial charge on any atom is 0.184 e. The molecule has 3 rings (SSSR count). The zero-order chi connectivity index (χ0) is 17.0. The van der Waals surface area contributed by atoms with Gasteiger partial charge < -0.3 is 14.8 Å². The third-order valence-corrected chi connectivity index (χ3v) is 4.35. The fourth-order valence-electron chi connectivity index (χ4n) is 2.82. The van der Waals surface area contributed by atoms with Crippen molar-refractivity contribution >= 4 is 0 Å². The van der Waals surface area contributed by atoms with E-state index < -0.39 is 0 Å². The molecule has 1 aliphatic heterocycles. The lowest BCUT2D eigenvalue weighted by atomic mass is 9.87. The van der Waals surface area contributed by atoms with Crippen LogP contribution in [0.5, 0.6) is 0 Å². The Morgan fingerprint density at radius 2 is 1.33 bits per heavy atom. The van der Waals surface area contributed by atoms with Crippen molar-refractivity contribution in [2.75, 3.05) is 13.2 Å². The summed E-state index contributed by atoms with van der Waals surface area (Å²) in [5, 5.41) is 3.50. The van der Waals surface area contributed by atoms with Gasteiger partial charge in [0.25, 0.3) is 0 Å². The number of benzene rings is 2. The van der Waals surface area contributed by atoms with Crippen LogP contribution in [0, 0.1) is 0 Å². The fraction of sp³-hybridized carbons (Fsp3) is 0.429. The van der Waals surface area contributed by atoms with Gasteiger partial charge in [-0.3, -0.25) is 0 Å². The van der Waals surface area contributed by atoms with Crippen molar-refractivity contribution in [3.8, 4) is 0 Å². The summed E-state index contributed by atoms with van der Waals surface area (Å²) in [5.41, 5.74) is 5.25. The lowest BCUT2D eigenvalue weighted by Gasteiger charge is -2.19. The summed E-state index contributed by atoms with van der Waals surface area (Å²) in [6, 6.07) is 17.3. The van der Waals surface area contributed by atoms with Gasteiger partial charge in [0, 0.05) is 18.7 Å². The SMILES string of the molecule is CC(C)(C)c1ccc(CNCc2ccc(C3OCCO3)cc2)cc1. The predicted octanol–water partition coefficient (Wildman–Crippen LogP) is 4.32. The van der Waals surface area contributed by atoms with Gasteiger partial charge in [0.1, 0.15) is 0 Å². The molecule has 0 unspecified atom stereocenters. The largest absolute Gasteiger partial charge is 0.346 e. The van der Waals surface area contributed by atoms with Crippen LogP contribution in [-0.2, 0) is 28.0 Å². The first-order valence-electron chi connectivity index (χ1n) is 8.64. The van der Waals surface area contributed by atoms with E-state index in [4.69, 9.17) is 9.47 Å². The van der Waals surface area contributed by atoms with Crippen LogP contribution < -0.4 is 5.32 Å². The fourth-order valence-corrected chi connectivity index (χ4v) is 2.82. The Labute approximate surface area is 145 Å². The first kappa shape index (κ1) is 17.2. The molecule has 3 nitrogen and oxygen atoms in total. The van der Waals surface area contributed by atoms with Crippen molar-refractivity contribution in [2.45, 2.75) is 45.6 Å². The van der Waals surface area contributed by atoms with E-state index in [1.54, 1.807) is 0 Å². The van der Waals surface area contributed by atoms with Gasteiger partial charge in [-0.05, 0) is 22.1 Å². The molecule has 1 saturated heterocycles. The van der Waals surface area contributed by atoms with E-state index in [-0.39, 0.29) is 11.7 Å². The van der Waals surface area contributed by atoms with Crippen LogP contribution >= 0.6 is 0 Å². The van der Waals surface area contributed by atoms with Crippen molar-refractivity contribution in [2.24, 2.45) is 0 Å². The summed E-state index contributed by atoms with van der Waals surface area (Å²) in [5.74, 6) is 0. The molecule has 128 valence electrons. The van der Waals surface area contributed by atoms with Crippen LogP contribution in [0.1, 0.15) is 49.3 Å². The van der Waals surface area contributed by atoms with E-state index in [0.29, 0.717) is 13.2 Å². The molecule has 0 amide bonds. The highest BCUT2D eigenvalue weighted by molar-refractivity contribution is 5.28. The Balaban J connectivity index is 1.49. The van der Waals surface area contributed by atoms with Gasteiger partial charge in [-0.15, -0.1) is 0 Å². The molecule has 1 fully saturated rings. The number of rotatable bonds is 5. The van der Waals surface area contributed by atoms with Crippen LogP contribution in [-0.4, -0.2) is 13.2 Å². The summed E-state index contributed by atoms with van der Waals surface area (Å²) in [4.78, 5) is 0. The highest BCUT2D eigenvalue weighted by Gasteiger charge is 2.17. The number of hydrogen-bond donors (Lipinski definition) is 1. The summed E-state index contributed by atoms with van der Waals surface area (Å²) in [6.07, 6.45) is -0.187. The van der Waals surface area contributed by atoms with Crippen LogP contribution in [0.15, 0.2) is 48.5 Å². The summed E-state index contributed by atoms with van der Waals surface area (Å²) < 4.78 is 11.0. The van der Waals surface area contributed by atoms with Crippen LogP contribution in [0.2, 0.25) is 0 Å². The third-order valence-electron chi connectivity index (χ3n) is 4.35. The highest BCUT2D eigenvalue weighted by Crippen LogP contribution is 2.23. The smallest absolute Gasteiger partial charge is 0.184 e. The molecule has 1 aliphatic rings. The minimum atomic E-state index is -0.187. The molecular formula is C21H27NO2. The monoisotopic (exact) mass is 325 g/mol. The quantitative estimate of drug-likeness (QED) is 0.888. The number of hydrogen-bond acceptors (Lipinski definition) is 3. The van der Waals surface area contributed by atoms with E-state index >= 15 is 0 Å². The molecule has 0 radical (unpaired) electrons. The minimum absolute atomic E-state index is 0.187. The standard InChI is InChI=1S/C21H27NO2/c1-21(2,3)19-10-6-17(7-11-19)15-22-14-16-4-8-18(9-5-16)20-23-12-13-24-20/h4-11,20,22H,12-15H2,1-3H3. The van der Waals surface area contributed by atoms with E-state index in [1.807, 2.05) is 0 Å². The lowest BCUT2D eigenvalue weighted by Crippen LogP contribution is -2.14. The molecule has 2 aromatic carbocycles. The second kappa shape index (κ2) is 7.47. The van der Waals surface area contributed by atoms with Gasteiger partial charge in [0.05, 0.1) is 13.2 Å². The Morgan fingerprint density at radius 3 is 1.83 bits per heavy atom. The van der Waals surface area contributed by atoms with Crippen LogP contribution in [0.4, 0.5) is 0 Å². The topological polar surface area (TPSA) is 30.5 Å². The second-order valence-electron chi connectivity index (χ2n) is 7.37. The van der Waals surface area contributed by atoms with Crippen LogP contribution in [0.25, 0.3) is 0 Å². The number of nitrogens with one attached hydrogen (secondary N) is 1. The van der Waals surface area contributed by atoms with E-state index in [1.165, 1.54) is 16.7 Å². The molecule has 1 N–H and O–H groups in total. The van der Waals surface area contributed by atoms with Gasteiger partial charge in [0.2, 0.25) is 0 Å². The Hall–Kier alpha value is -1.68. The van der Waals surface area contributed by atoms with Crippen LogP contribution in [0.3, 0.4) is 0 Å². The van der Waals surface area contributed by atoms with Crippen molar-refractivity contribution in [3.63, 3.8) is 0 Å². The highest BCUT2D eigenvalue weighted by atomic mass is 16.7. The molecule has 0 atom stereocenters. The average molecular weight is 325 g/mol. The molecule has 1 heterocycles. The Morgan fingerprint density at radius 1 is 0.833 bits per heavy atom. The zero-order valence-corrected chi connectivity index (χ0v) is 14.8. The minimum Gasteiger partial charge on any atom is -0.346 e. The molecular weight excluding hydrogens is 298 g/mol. The van der Waals surface area contributed by atoms with E-state index in [0.717, 1.165) is 18.7 Å².